The largest absolute Gasteiger partial charge is 0.462 e. The molecule has 0 atom stereocenters. The lowest BCUT2D eigenvalue weighted by molar-refractivity contribution is -0.157. The van der Waals surface area contributed by atoms with Gasteiger partial charge >= 0.3 is 12.1 Å². The summed E-state index contributed by atoms with van der Waals surface area (Å²) < 4.78 is 44.0. The summed E-state index contributed by atoms with van der Waals surface area (Å²) >= 11 is 0. The molecule has 31 heavy (non-hydrogen) atoms. The molecule has 0 bridgehead atoms. The number of esters is 1. The number of alkyl halides is 3. The Morgan fingerprint density at radius 1 is 1.03 bits per heavy atom. The molecule has 0 aliphatic heterocycles. The number of nitriles is 1. The number of carbonyl (C=O) groups is 1. The van der Waals surface area contributed by atoms with Gasteiger partial charge in [0.2, 0.25) is 0 Å². The van der Waals surface area contributed by atoms with Crippen LogP contribution in [0.25, 0.3) is 0 Å². The highest BCUT2D eigenvalue weighted by molar-refractivity contribution is 5.72. The maximum Gasteiger partial charge on any atom is 0.416 e. The topological polar surface area (TPSA) is 50.1 Å². The minimum atomic E-state index is -4.31. The minimum Gasteiger partial charge on any atom is -0.462 e. The van der Waals surface area contributed by atoms with Crippen LogP contribution in [0, 0.1) is 23.2 Å². The van der Waals surface area contributed by atoms with Crippen LogP contribution in [0.1, 0.15) is 81.3 Å². The van der Waals surface area contributed by atoms with E-state index in [-0.39, 0.29) is 23.9 Å². The number of halogens is 3. The number of ether oxygens (including phenoxy) is 1. The maximum atomic E-state index is 12.7. The molecule has 2 aliphatic carbocycles. The van der Waals surface area contributed by atoms with Crippen molar-refractivity contribution in [1.82, 2.24) is 0 Å². The van der Waals surface area contributed by atoms with E-state index in [0.29, 0.717) is 5.92 Å². The summed E-state index contributed by atoms with van der Waals surface area (Å²) in [5, 5.41) is 8.52. The van der Waals surface area contributed by atoms with Gasteiger partial charge < -0.3 is 4.74 Å². The van der Waals surface area contributed by atoms with Crippen LogP contribution in [0.15, 0.2) is 36.4 Å². The highest BCUT2D eigenvalue weighted by Gasteiger charge is 2.33. The van der Waals surface area contributed by atoms with Crippen molar-refractivity contribution in [3.05, 3.63) is 47.5 Å². The molecule has 0 amide bonds. The summed E-state index contributed by atoms with van der Waals surface area (Å²) in [7, 11) is 0. The van der Waals surface area contributed by atoms with E-state index < -0.39 is 11.7 Å². The normalized spacial score (nSPS) is 27.0. The van der Waals surface area contributed by atoms with E-state index in [2.05, 4.69) is 0 Å². The summed E-state index contributed by atoms with van der Waals surface area (Å²) in [5.74, 6) is 0.639. The molecule has 1 aromatic rings. The van der Waals surface area contributed by atoms with Crippen LogP contribution >= 0.6 is 0 Å². The first-order valence-electron chi connectivity index (χ1n) is 11.3. The van der Waals surface area contributed by atoms with Gasteiger partial charge in [0.15, 0.2) is 0 Å². The molecule has 0 radical (unpaired) electrons. The molecule has 1 aromatic carbocycles. The summed E-state index contributed by atoms with van der Waals surface area (Å²) in [6.45, 7) is 0. The van der Waals surface area contributed by atoms with Gasteiger partial charge in [-0.1, -0.05) is 18.2 Å². The number of hydrogen-bond acceptors (Lipinski definition) is 3. The summed E-state index contributed by atoms with van der Waals surface area (Å²) in [6, 6.07) is 7.44. The molecule has 2 aliphatic rings. The predicted molar refractivity (Wildman–Crippen MR) is 112 cm³/mol. The van der Waals surface area contributed by atoms with Crippen LogP contribution in [0.3, 0.4) is 0 Å². The smallest absolute Gasteiger partial charge is 0.416 e. The van der Waals surface area contributed by atoms with Gasteiger partial charge in [-0.3, -0.25) is 4.79 Å². The lowest BCUT2D eigenvalue weighted by atomic mass is 9.78. The van der Waals surface area contributed by atoms with Crippen molar-refractivity contribution >= 4 is 5.97 Å². The van der Waals surface area contributed by atoms with E-state index in [1.807, 2.05) is 12.1 Å². The fourth-order valence-corrected chi connectivity index (χ4v) is 4.87. The molecule has 6 heteroatoms. The molecule has 0 saturated heterocycles. The highest BCUT2D eigenvalue weighted by atomic mass is 19.4. The second kappa shape index (κ2) is 10.8. The van der Waals surface area contributed by atoms with Gasteiger partial charge in [0.05, 0.1) is 17.6 Å². The molecule has 2 saturated carbocycles. The Balaban J connectivity index is 1.39. The van der Waals surface area contributed by atoms with Gasteiger partial charge in [-0.05, 0) is 93.7 Å². The SMILES string of the molecule is N#CC=CCC[C@H]1CC[C@H](OC(=O)[C@H]2CC[C@H](c3ccc(C(F)(F)F)cc3)CC2)CC1. The van der Waals surface area contributed by atoms with E-state index in [9.17, 15) is 18.0 Å². The summed E-state index contributed by atoms with van der Waals surface area (Å²) in [4.78, 5) is 12.6. The third-order valence-corrected chi connectivity index (χ3v) is 6.78. The second-order valence-electron chi connectivity index (χ2n) is 8.86. The lowest BCUT2D eigenvalue weighted by Gasteiger charge is -2.31. The van der Waals surface area contributed by atoms with E-state index in [0.717, 1.165) is 81.9 Å². The van der Waals surface area contributed by atoms with Crippen molar-refractivity contribution in [3.8, 4) is 6.07 Å². The lowest BCUT2D eigenvalue weighted by Crippen LogP contribution is -2.29. The third kappa shape index (κ3) is 6.85. The zero-order valence-corrected chi connectivity index (χ0v) is 17.7. The zero-order valence-electron chi connectivity index (χ0n) is 17.7. The fourth-order valence-electron chi connectivity index (χ4n) is 4.87. The highest BCUT2D eigenvalue weighted by Crippen LogP contribution is 2.38. The number of hydrogen-bond donors (Lipinski definition) is 0. The van der Waals surface area contributed by atoms with Gasteiger partial charge in [0, 0.05) is 6.08 Å². The molecule has 0 N–H and O–H groups in total. The van der Waals surface area contributed by atoms with Crippen molar-refractivity contribution in [2.45, 2.75) is 82.4 Å². The van der Waals surface area contributed by atoms with Crippen molar-refractivity contribution in [3.63, 3.8) is 0 Å². The summed E-state index contributed by atoms with van der Waals surface area (Å²) in [6.07, 6.45) is 8.10. The van der Waals surface area contributed by atoms with Crippen LogP contribution in [0.4, 0.5) is 13.2 Å². The third-order valence-electron chi connectivity index (χ3n) is 6.78. The van der Waals surface area contributed by atoms with Gasteiger partial charge in [-0.25, -0.2) is 0 Å². The first kappa shape index (κ1) is 23.4. The van der Waals surface area contributed by atoms with Crippen LogP contribution in [0.5, 0.6) is 0 Å². The molecule has 0 aromatic heterocycles. The number of allylic oxidation sites excluding steroid dienone is 2. The van der Waals surface area contributed by atoms with Crippen LogP contribution in [0.2, 0.25) is 0 Å². The Morgan fingerprint density at radius 2 is 1.68 bits per heavy atom. The van der Waals surface area contributed by atoms with Crippen LogP contribution in [-0.4, -0.2) is 12.1 Å². The molecule has 3 nitrogen and oxygen atoms in total. The Morgan fingerprint density at radius 3 is 2.26 bits per heavy atom. The molecular weight excluding hydrogens is 403 g/mol. The molecule has 0 unspecified atom stereocenters. The predicted octanol–water partition coefficient (Wildman–Crippen LogP) is 6.94. The average molecular weight is 434 g/mol. The molecule has 3 rings (SSSR count). The Hall–Kier alpha value is -2.29. The van der Waals surface area contributed by atoms with Crippen LogP contribution < -0.4 is 0 Å². The molecule has 168 valence electrons. The number of nitrogens with zero attached hydrogens (tertiary/aromatic N) is 1. The number of benzene rings is 1. The van der Waals surface area contributed by atoms with E-state index in [1.54, 1.807) is 12.1 Å². The van der Waals surface area contributed by atoms with Gasteiger partial charge in [0.25, 0.3) is 0 Å². The standard InChI is InChI=1S/C25H30F3NO2/c26-25(27,28)22-13-11-20(12-14-22)19-7-9-21(10-8-19)24(30)31-23-15-5-18(6-16-23)4-2-1-3-17-29/h1,3,11-14,18-19,21,23H,2,4-10,15-16H2/t18-,19-,21-,23-. The quantitative estimate of drug-likeness (QED) is 0.361. The van der Waals surface area contributed by atoms with Gasteiger partial charge in [-0.2, -0.15) is 18.4 Å². The average Bonchev–Trinajstić information content (AvgIpc) is 2.77. The van der Waals surface area contributed by atoms with E-state index in [1.165, 1.54) is 6.08 Å². The first-order valence-corrected chi connectivity index (χ1v) is 11.3. The molecule has 2 fully saturated rings. The zero-order chi connectivity index (χ0) is 22.3. The monoisotopic (exact) mass is 433 g/mol. The Bertz CT molecular complexity index is 778. The van der Waals surface area contributed by atoms with Crippen molar-refractivity contribution in [1.29, 1.82) is 5.26 Å². The number of carbonyl (C=O) groups excluding carboxylic acids is 1. The van der Waals surface area contributed by atoms with Crippen molar-refractivity contribution < 1.29 is 22.7 Å². The van der Waals surface area contributed by atoms with Gasteiger partial charge in [0.1, 0.15) is 6.10 Å². The second-order valence-corrected chi connectivity index (χ2v) is 8.86. The number of rotatable bonds is 6. The van der Waals surface area contributed by atoms with Crippen molar-refractivity contribution in [2.24, 2.45) is 11.8 Å². The van der Waals surface area contributed by atoms with E-state index in [4.69, 9.17) is 10.00 Å². The van der Waals surface area contributed by atoms with E-state index >= 15 is 0 Å². The Labute approximate surface area is 182 Å². The summed E-state index contributed by atoms with van der Waals surface area (Å²) in [5.41, 5.74) is 0.296. The van der Waals surface area contributed by atoms with Crippen molar-refractivity contribution in [2.75, 3.05) is 0 Å². The first-order chi connectivity index (χ1) is 14.9. The molecular formula is C25H30F3NO2. The van der Waals surface area contributed by atoms with Crippen LogP contribution in [-0.2, 0) is 15.7 Å². The van der Waals surface area contributed by atoms with Gasteiger partial charge in [-0.15, -0.1) is 0 Å². The fraction of sp³-hybridized carbons (Fsp3) is 0.600. The Kier molecular flexibility index (Phi) is 8.17. The molecule has 0 spiro atoms. The molecule has 0 heterocycles. The maximum absolute atomic E-state index is 12.7. The minimum absolute atomic E-state index is 0.00559.